The number of benzene rings is 1. The summed E-state index contributed by atoms with van der Waals surface area (Å²) in [5.74, 6) is -0.0432. The summed E-state index contributed by atoms with van der Waals surface area (Å²) in [6.45, 7) is 3.51. The number of aryl methyl sites for hydroxylation is 1. The summed E-state index contributed by atoms with van der Waals surface area (Å²) in [5.41, 5.74) is 7.77. The van der Waals surface area contributed by atoms with Gasteiger partial charge in [-0.3, -0.25) is 4.79 Å². The monoisotopic (exact) mass is 206 g/mol. The second-order valence-electron chi connectivity index (χ2n) is 3.89. The highest BCUT2D eigenvalue weighted by Crippen LogP contribution is 2.11. The van der Waals surface area contributed by atoms with E-state index < -0.39 is 0 Å². The fraction of sp³-hybridized carbons (Fsp3) is 0.417. The van der Waals surface area contributed by atoms with E-state index in [0.29, 0.717) is 0 Å². The van der Waals surface area contributed by atoms with Gasteiger partial charge in [0.25, 0.3) is 0 Å². The molecular formula is C12H18N2O. The summed E-state index contributed by atoms with van der Waals surface area (Å²) in [6.07, 6.45) is 1.97. The van der Waals surface area contributed by atoms with Crippen LogP contribution in [0.4, 0.5) is 5.69 Å². The lowest BCUT2D eigenvalue weighted by Gasteiger charge is -2.06. The fourth-order valence-electron chi connectivity index (χ4n) is 1.35. The maximum atomic E-state index is 10.8. The highest BCUT2D eigenvalue weighted by molar-refractivity contribution is 5.88. The molecule has 0 heterocycles. The van der Waals surface area contributed by atoms with Crippen LogP contribution in [0.3, 0.4) is 0 Å². The van der Waals surface area contributed by atoms with Crippen molar-refractivity contribution in [1.82, 2.24) is 0 Å². The normalized spacial score (nSPS) is 12.2. The first-order valence-electron chi connectivity index (χ1n) is 5.20. The van der Waals surface area contributed by atoms with E-state index in [9.17, 15) is 4.79 Å². The molecule has 3 heteroatoms. The van der Waals surface area contributed by atoms with Gasteiger partial charge in [0.05, 0.1) is 0 Å². The van der Waals surface area contributed by atoms with Gasteiger partial charge in [0.2, 0.25) is 5.91 Å². The molecule has 82 valence electrons. The lowest BCUT2D eigenvalue weighted by molar-refractivity contribution is -0.114. The van der Waals surface area contributed by atoms with Crippen LogP contribution in [0.15, 0.2) is 24.3 Å². The van der Waals surface area contributed by atoms with Gasteiger partial charge in [-0.2, -0.15) is 0 Å². The third-order valence-corrected chi connectivity index (χ3v) is 2.16. The summed E-state index contributed by atoms with van der Waals surface area (Å²) >= 11 is 0. The molecule has 3 N–H and O–H groups in total. The molecule has 0 aliphatic carbocycles. The highest BCUT2D eigenvalue weighted by Gasteiger charge is 1.98. The average molecular weight is 206 g/mol. The highest BCUT2D eigenvalue weighted by atomic mass is 16.1. The number of anilines is 1. The summed E-state index contributed by atoms with van der Waals surface area (Å²) in [4.78, 5) is 10.8. The smallest absolute Gasteiger partial charge is 0.221 e. The van der Waals surface area contributed by atoms with Gasteiger partial charge in [-0.05, 0) is 37.5 Å². The molecule has 1 atom stereocenters. The van der Waals surface area contributed by atoms with Gasteiger partial charge in [-0.1, -0.05) is 12.1 Å². The SMILES string of the molecule is CC(=O)Nc1ccc(CC[C@@H](C)N)cc1. The van der Waals surface area contributed by atoms with Crippen LogP contribution in [0.25, 0.3) is 0 Å². The van der Waals surface area contributed by atoms with E-state index in [2.05, 4.69) is 5.32 Å². The minimum Gasteiger partial charge on any atom is -0.328 e. The zero-order valence-corrected chi connectivity index (χ0v) is 9.29. The molecule has 0 aliphatic heterocycles. The van der Waals surface area contributed by atoms with Gasteiger partial charge in [-0.15, -0.1) is 0 Å². The molecule has 0 fully saturated rings. The number of rotatable bonds is 4. The lowest BCUT2D eigenvalue weighted by Crippen LogP contribution is -2.15. The van der Waals surface area contributed by atoms with E-state index in [-0.39, 0.29) is 11.9 Å². The van der Waals surface area contributed by atoms with E-state index in [4.69, 9.17) is 5.73 Å². The predicted molar refractivity (Wildman–Crippen MR) is 62.7 cm³/mol. The van der Waals surface area contributed by atoms with Crippen molar-refractivity contribution in [2.24, 2.45) is 5.73 Å². The van der Waals surface area contributed by atoms with Crippen LogP contribution < -0.4 is 11.1 Å². The number of hydrogen-bond donors (Lipinski definition) is 2. The second kappa shape index (κ2) is 5.51. The molecular weight excluding hydrogens is 188 g/mol. The zero-order valence-electron chi connectivity index (χ0n) is 9.29. The minimum atomic E-state index is -0.0432. The van der Waals surface area contributed by atoms with Crippen LogP contribution >= 0.6 is 0 Å². The van der Waals surface area contributed by atoms with Crippen molar-refractivity contribution in [3.05, 3.63) is 29.8 Å². The number of carbonyl (C=O) groups excluding carboxylic acids is 1. The Bertz CT molecular complexity index is 317. The molecule has 0 aromatic heterocycles. The molecule has 1 rings (SSSR count). The van der Waals surface area contributed by atoms with Gasteiger partial charge in [0.15, 0.2) is 0 Å². The number of carbonyl (C=O) groups is 1. The summed E-state index contributed by atoms with van der Waals surface area (Å²) < 4.78 is 0. The van der Waals surface area contributed by atoms with Crippen LogP contribution in [0.2, 0.25) is 0 Å². The molecule has 0 unspecified atom stereocenters. The van der Waals surface area contributed by atoms with Crippen molar-refractivity contribution in [2.45, 2.75) is 32.7 Å². The van der Waals surface area contributed by atoms with Crippen molar-refractivity contribution in [3.8, 4) is 0 Å². The Morgan fingerprint density at radius 2 is 2.00 bits per heavy atom. The first-order chi connectivity index (χ1) is 7.08. The Hall–Kier alpha value is -1.35. The standard InChI is InChI=1S/C12H18N2O/c1-9(13)3-4-11-5-7-12(8-6-11)14-10(2)15/h5-9H,3-4,13H2,1-2H3,(H,14,15)/t9-/m1/s1. The quantitative estimate of drug-likeness (QED) is 0.790. The molecule has 0 aliphatic rings. The Morgan fingerprint density at radius 1 is 1.40 bits per heavy atom. The van der Waals surface area contributed by atoms with Crippen molar-refractivity contribution >= 4 is 11.6 Å². The maximum absolute atomic E-state index is 10.8. The van der Waals surface area contributed by atoms with E-state index in [1.54, 1.807) is 0 Å². The number of nitrogens with two attached hydrogens (primary N) is 1. The second-order valence-corrected chi connectivity index (χ2v) is 3.89. The molecule has 0 radical (unpaired) electrons. The van der Waals surface area contributed by atoms with Crippen molar-refractivity contribution in [3.63, 3.8) is 0 Å². The molecule has 3 nitrogen and oxygen atoms in total. The fourth-order valence-corrected chi connectivity index (χ4v) is 1.35. The van der Waals surface area contributed by atoms with Crippen LogP contribution in [-0.2, 0) is 11.2 Å². The topological polar surface area (TPSA) is 55.1 Å². The summed E-state index contributed by atoms with van der Waals surface area (Å²) in [5, 5.41) is 2.73. The number of hydrogen-bond acceptors (Lipinski definition) is 2. The van der Waals surface area contributed by atoms with Crippen molar-refractivity contribution in [2.75, 3.05) is 5.32 Å². The van der Waals surface area contributed by atoms with Crippen LogP contribution in [0, 0.1) is 0 Å². The summed E-state index contributed by atoms with van der Waals surface area (Å²) in [7, 11) is 0. The largest absolute Gasteiger partial charge is 0.328 e. The average Bonchev–Trinajstić information content (AvgIpc) is 2.16. The first kappa shape index (κ1) is 11.7. The van der Waals surface area contributed by atoms with Crippen LogP contribution in [0.5, 0.6) is 0 Å². The Kier molecular flexibility index (Phi) is 4.31. The lowest BCUT2D eigenvalue weighted by atomic mass is 10.1. The Morgan fingerprint density at radius 3 is 2.47 bits per heavy atom. The summed E-state index contributed by atoms with van der Waals surface area (Å²) in [6, 6.07) is 8.11. The van der Waals surface area contributed by atoms with Gasteiger partial charge >= 0.3 is 0 Å². The van der Waals surface area contributed by atoms with E-state index in [0.717, 1.165) is 18.5 Å². The van der Waals surface area contributed by atoms with Crippen molar-refractivity contribution in [1.29, 1.82) is 0 Å². The van der Waals surface area contributed by atoms with Gasteiger partial charge in [0.1, 0.15) is 0 Å². The number of nitrogens with one attached hydrogen (secondary N) is 1. The van der Waals surface area contributed by atoms with Gasteiger partial charge in [-0.25, -0.2) is 0 Å². The van der Waals surface area contributed by atoms with Gasteiger partial charge < -0.3 is 11.1 Å². The zero-order chi connectivity index (χ0) is 11.3. The molecule has 1 aromatic carbocycles. The van der Waals surface area contributed by atoms with Gasteiger partial charge in [0, 0.05) is 18.7 Å². The molecule has 0 saturated heterocycles. The maximum Gasteiger partial charge on any atom is 0.221 e. The van der Waals surface area contributed by atoms with Crippen LogP contribution in [0.1, 0.15) is 25.8 Å². The molecule has 0 saturated carbocycles. The predicted octanol–water partition coefficient (Wildman–Crippen LogP) is 1.92. The molecule has 1 amide bonds. The van der Waals surface area contributed by atoms with E-state index in [1.807, 2.05) is 31.2 Å². The minimum absolute atomic E-state index is 0.0432. The van der Waals surface area contributed by atoms with Crippen LogP contribution in [-0.4, -0.2) is 11.9 Å². The first-order valence-corrected chi connectivity index (χ1v) is 5.20. The molecule has 0 spiro atoms. The third-order valence-electron chi connectivity index (χ3n) is 2.16. The Labute approximate surface area is 90.7 Å². The Balaban J connectivity index is 2.52. The molecule has 0 bridgehead atoms. The number of amides is 1. The molecule has 15 heavy (non-hydrogen) atoms. The van der Waals surface area contributed by atoms with E-state index in [1.165, 1.54) is 12.5 Å². The van der Waals surface area contributed by atoms with E-state index >= 15 is 0 Å². The third kappa shape index (κ3) is 4.61. The van der Waals surface area contributed by atoms with Crippen molar-refractivity contribution < 1.29 is 4.79 Å². The molecule has 1 aromatic rings.